The first kappa shape index (κ1) is 61.4. The topological polar surface area (TPSA) is 276 Å². The summed E-state index contributed by atoms with van der Waals surface area (Å²) in [4.78, 5) is 55.3. The molecule has 16 nitrogen and oxygen atoms in total. The molecule has 0 aliphatic rings. The number of aromatic hydroxyl groups is 4. The molecule has 0 saturated heterocycles. The molecule has 0 bridgehead atoms. The number of nitrogen functional groups attached to an aromatic ring is 1. The number of halogens is 1. The Morgan fingerprint density at radius 3 is 1.45 bits per heavy atom. The Bertz CT molecular complexity index is 2650. The average molecular weight is 969 g/mol. The number of phenolic OH excluding ortho intramolecular Hbond substituents is 4. The van der Waals surface area contributed by atoms with Crippen LogP contribution in [-0.2, 0) is 22.4 Å². The predicted molar refractivity (Wildman–Crippen MR) is 267 cm³/mol. The van der Waals surface area contributed by atoms with E-state index >= 15 is 0 Å². The average Bonchev–Trinajstić information content (AvgIpc) is 3.30. The Kier molecular flexibility index (Phi) is 28.6. The molecular formula is C51H54ClN6NaO10. The van der Waals surface area contributed by atoms with Crippen LogP contribution in [-0.4, -0.2) is 56.9 Å². The van der Waals surface area contributed by atoms with Crippen LogP contribution in [0.5, 0.6) is 23.0 Å². The number of carbonyl (C=O) groups excluding carboxylic acids is 4. The number of nitrogens with two attached hydrogens (primary N) is 1. The first-order chi connectivity index (χ1) is 31.5. The van der Waals surface area contributed by atoms with Gasteiger partial charge in [-0.2, -0.15) is 5.11 Å². The van der Waals surface area contributed by atoms with Crippen molar-refractivity contribution in [2.24, 2.45) is 15.6 Å². The number of ketones is 2. The van der Waals surface area contributed by atoms with E-state index in [0.29, 0.717) is 47.5 Å². The number of benzene rings is 6. The molecule has 0 aliphatic heterocycles. The van der Waals surface area contributed by atoms with Gasteiger partial charge in [0.1, 0.15) is 28.7 Å². The van der Waals surface area contributed by atoms with E-state index in [1.54, 1.807) is 80.6 Å². The third kappa shape index (κ3) is 21.3. The number of phenols is 4. The molecule has 0 aromatic heterocycles. The number of carbonyl (C=O) groups is 4. The van der Waals surface area contributed by atoms with E-state index in [9.17, 15) is 34.5 Å². The van der Waals surface area contributed by atoms with Crippen molar-refractivity contribution in [1.82, 2.24) is 10.6 Å². The van der Waals surface area contributed by atoms with Gasteiger partial charge in [0.05, 0.1) is 16.8 Å². The summed E-state index contributed by atoms with van der Waals surface area (Å²) in [5.74, 6) is -1.82. The van der Waals surface area contributed by atoms with Crippen LogP contribution in [0.4, 0.5) is 17.1 Å². The Morgan fingerprint density at radius 2 is 1.01 bits per heavy atom. The molecule has 356 valence electrons. The minimum Gasteiger partial charge on any atom is -0.508 e. The van der Waals surface area contributed by atoms with Crippen LogP contribution in [0.1, 0.15) is 64.2 Å². The van der Waals surface area contributed by atoms with Gasteiger partial charge in [-0.25, -0.2) is 0 Å². The monoisotopic (exact) mass is 968 g/mol. The Morgan fingerprint density at radius 1 is 0.594 bits per heavy atom. The van der Waals surface area contributed by atoms with Crippen LogP contribution in [0.15, 0.2) is 179 Å². The SMILES string of the molecule is C.C=C(C)C(=O)NCCc1ccc(N)cc1.C=C(C)C(=O)NCCc1ccc(N=Nc2cc(C(=O)c3ccccc3)c(O)cc2O)cc1.Cl.O=C(c1ccccc1)c1ccc(O)cc1O.O=N[O-].[Na+]. The first-order valence-corrected chi connectivity index (χ1v) is 20.0. The molecule has 0 fully saturated rings. The molecule has 0 atom stereocenters. The minimum atomic E-state index is -0.386. The molecule has 0 aliphatic carbocycles. The van der Waals surface area contributed by atoms with Crippen molar-refractivity contribution >= 4 is 52.9 Å². The van der Waals surface area contributed by atoms with Gasteiger partial charge < -0.3 is 46.9 Å². The molecule has 0 radical (unpaired) electrons. The van der Waals surface area contributed by atoms with Gasteiger partial charge in [-0.05, 0) is 80.3 Å². The van der Waals surface area contributed by atoms with Crippen molar-refractivity contribution in [1.29, 1.82) is 0 Å². The third-order valence-corrected chi connectivity index (χ3v) is 9.00. The Labute approximate surface area is 429 Å². The van der Waals surface area contributed by atoms with Gasteiger partial charge >= 0.3 is 29.6 Å². The van der Waals surface area contributed by atoms with Crippen molar-refractivity contribution < 1.29 is 69.2 Å². The first-order valence-electron chi connectivity index (χ1n) is 20.0. The summed E-state index contributed by atoms with van der Waals surface area (Å²) in [5.41, 5.74) is 11.2. The molecule has 0 saturated carbocycles. The van der Waals surface area contributed by atoms with E-state index in [0.717, 1.165) is 40.7 Å². The van der Waals surface area contributed by atoms with Crippen LogP contribution in [0.3, 0.4) is 0 Å². The molecule has 0 heterocycles. The number of anilines is 1. The number of hydrogen-bond donors (Lipinski definition) is 7. The molecule has 8 N–H and O–H groups in total. The van der Waals surface area contributed by atoms with Gasteiger partial charge in [0.2, 0.25) is 11.8 Å². The molecule has 0 spiro atoms. The van der Waals surface area contributed by atoms with Crippen molar-refractivity contribution in [2.45, 2.75) is 34.1 Å². The summed E-state index contributed by atoms with van der Waals surface area (Å²) in [6.45, 7) is 11.6. The van der Waals surface area contributed by atoms with Gasteiger partial charge in [0.25, 0.3) is 0 Å². The van der Waals surface area contributed by atoms with E-state index in [1.807, 2.05) is 42.5 Å². The molecule has 0 unspecified atom stereocenters. The second-order valence-corrected chi connectivity index (χ2v) is 14.2. The van der Waals surface area contributed by atoms with E-state index in [2.05, 4.69) is 34.0 Å². The zero-order valence-corrected chi connectivity index (χ0v) is 40.4. The van der Waals surface area contributed by atoms with Crippen LogP contribution < -0.4 is 45.9 Å². The number of nitrogens with one attached hydrogen (secondary N) is 2. The zero-order chi connectivity index (χ0) is 48.6. The van der Waals surface area contributed by atoms with Gasteiger partial charge in [0.15, 0.2) is 11.6 Å². The Hall–Kier alpha value is -7.63. The van der Waals surface area contributed by atoms with Crippen LogP contribution >= 0.6 is 12.4 Å². The summed E-state index contributed by atoms with van der Waals surface area (Å²) in [6, 6.07) is 38.4. The molecule has 6 aromatic carbocycles. The minimum absolute atomic E-state index is 0. The maximum absolute atomic E-state index is 12.7. The maximum atomic E-state index is 12.7. The third-order valence-electron chi connectivity index (χ3n) is 9.00. The van der Waals surface area contributed by atoms with Crippen LogP contribution in [0.2, 0.25) is 0 Å². The number of rotatable bonds is 14. The van der Waals surface area contributed by atoms with E-state index in [4.69, 9.17) is 21.0 Å². The molecule has 69 heavy (non-hydrogen) atoms. The van der Waals surface area contributed by atoms with Crippen molar-refractivity contribution in [3.63, 3.8) is 0 Å². The fourth-order valence-corrected chi connectivity index (χ4v) is 5.50. The quantitative estimate of drug-likeness (QED) is 0.0110. The second-order valence-electron chi connectivity index (χ2n) is 14.2. The standard InChI is InChI=1S/C25H23N3O4.C13H10O3.C12H16N2O.CH4.ClH.HNO2.Na/c1-16(2)25(32)26-13-12-17-8-10-19(11-9-17)27-28-21-14-20(22(29)15-23(21)30)24(31)18-6-4-3-5-7-18;14-10-6-7-11(12(15)8-10)13(16)9-4-2-1-3-5-9;1-9(2)12(15)14-8-7-10-3-5-11(13)6-4-10;;;2-1-3;/h3-11,14-15,29-30H,1,12-13H2,2H3,(H,26,32);1-8,14-15H;3-6H,1,7-8,13H2,2H3,(H,14,15);1H4;1H;(H,2,3);/q;;;;;;+1/p-1. The summed E-state index contributed by atoms with van der Waals surface area (Å²) < 4.78 is 0. The molecule has 6 aromatic rings. The maximum Gasteiger partial charge on any atom is 1.00 e. The van der Waals surface area contributed by atoms with E-state index in [-0.39, 0.29) is 113 Å². The fraction of sp³-hybridized carbons (Fsp3) is 0.137. The van der Waals surface area contributed by atoms with Crippen molar-refractivity contribution in [2.75, 3.05) is 18.8 Å². The van der Waals surface area contributed by atoms with Crippen molar-refractivity contribution in [3.8, 4) is 23.0 Å². The number of azo groups is 1. The summed E-state index contributed by atoms with van der Waals surface area (Å²) in [5, 5.41) is 61.6. The summed E-state index contributed by atoms with van der Waals surface area (Å²) >= 11 is 0. The zero-order valence-electron chi connectivity index (χ0n) is 37.6. The second kappa shape index (κ2) is 32.1. The van der Waals surface area contributed by atoms with Gasteiger partial charge in [-0.3, -0.25) is 19.2 Å². The molecule has 18 heteroatoms. The largest absolute Gasteiger partial charge is 1.00 e. The van der Waals surface area contributed by atoms with E-state index in [1.165, 1.54) is 18.2 Å². The van der Waals surface area contributed by atoms with Gasteiger partial charge in [-0.15, -0.1) is 22.9 Å². The number of nitrogens with zero attached hydrogens (tertiary/aromatic N) is 3. The Balaban J connectivity index is 0.00000105. The summed E-state index contributed by atoms with van der Waals surface area (Å²) in [7, 11) is 0. The van der Waals surface area contributed by atoms with Gasteiger partial charge in [0, 0.05) is 53.2 Å². The van der Waals surface area contributed by atoms with Crippen molar-refractivity contribution in [3.05, 3.63) is 207 Å². The normalized spacial score (nSPS) is 9.59. The predicted octanol–water partition coefficient (Wildman–Crippen LogP) is 7.12. The van der Waals surface area contributed by atoms with Gasteiger partial charge in [-0.1, -0.05) is 106 Å². The smallest absolute Gasteiger partial charge is 0.508 e. The van der Waals surface area contributed by atoms with Crippen LogP contribution in [0.25, 0.3) is 0 Å². The molecular weight excluding hydrogens is 915 g/mol. The van der Waals surface area contributed by atoms with E-state index < -0.39 is 0 Å². The van der Waals surface area contributed by atoms with Crippen LogP contribution in [0, 0.1) is 10.1 Å². The number of amides is 2. The fourth-order valence-electron chi connectivity index (χ4n) is 5.50. The molecule has 2 amide bonds. The molecule has 6 rings (SSSR count). The number of hydrogen-bond acceptors (Lipinski definition) is 14. The summed E-state index contributed by atoms with van der Waals surface area (Å²) in [6.07, 6.45) is 1.46.